The Bertz CT molecular complexity index is 2450. The molecule has 5 heterocycles. The maximum atomic E-state index is 6.42. The van der Waals surface area contributed by atoms with Crippen LogP contribution < -0.4 is 0 Å². The molecular formula is C92H181N7O10. The molecule has 5 saturated heterocycles. The van der Waals surface area contributed by atoms with Crippen LogP contribution in [0, 0.1) is 11.8 Å². The minimum absolute atomic E-state index is 0.0109. The number of morpholine rings is 1. The summed E-state index contributed by atoms with van der Waals surface area (Å²) in [4.78, 5) is 22.2. The summed E-state index contributed by atoms with van der Waals surface area (Å²) in [6.45, 7) is 86.5. The predicted octanol–water partition coefficient (Wildman–Crippen LogP) is 18.7. The Kier molecular flexibility index (Phi) is 37.7. The van der Waals surface area contributed by atoms with E-state index in [1.54, 1.807) is 0 Å². The van der Waals surface area contributed by atoms with E-state index in [0.717, 1.165) is 142 Å². The molecule has 9 fully saturated rings. The zero-order valence-corrected chi connectivity index (χ0v) is 77.3. The van der Waals surface area contributed by atoms with Crippen LogP contribution in [0.3, 0.4) is 0 Å². The lowest BCUT2D eigenvalue weighted by Crippen LogP contribution is -2.74. The van der Waals surface area contributed by atoms with Gasteiger partial charge in [0.1, 0.15) is 5.60 Å². The second-order valence-corrected chi connectivity index (χ2v) is 45.0. The Balaban J connectivity index is 0.000000232. The number of rotatable bonds is 30. The number of unbranched alkanes of at least 4 members (excludes halogenated alkanes) is 5. The molecule has 0 radical (unpaired) electrons. The summed E-state index contributed by atoms with van der Waals surface area (Å²) in [5.41, 5.74) is 1.06. The summed E-state index contributed by atoms with van der Waals surface area (Å²) in [5, 5.41) is 2.35. The van der Waals surface area contributed by atoms with Crippen LogP contribution in [0.25, 0.3) is 0 Å². The normalized spacial score (nSPS) is 26.9. The van der Waals surface area contributed by atoms with Gasteiger partial charge in [-0.3, -0.25) is 34.2 Å². The number of ether oxygens (including phenoxy) is 9. The van der Waals surface area contributed by atoms with Gasteiger partial charge in [0, 0.05) is 119 Å². The Morgan fingerprint density at radius 1 is 0.339 bits per heavy atom. The van der Waals surface area contributed by atoms with Crippen LogP contribution in [-0.2, 0) is 47.5 Å². The molecule has 4 aliphatic carbocycles. The van der Waals surface area contributed by atoms with Crippen LogP contribution >= 0.6 is 0 Å². The van der Waals surface area contributed by atoms with Gasteiger partial charge in [-0.15, -0.1) is 0 Å². The topological polar surface area (TPSA) is 115 Å². The van der Waals surface area contributed by atoms with E-state index in [1.165, 1.54) is 129 Å². The van der Waals surface area contributed by atoms with Gasteiger partial charge < -0.3 is 42.6 Å². The van der Waals surface area contributed by atoms with Crippen LogP contribution in [0.4, 0.5) is 0 Å². The van der Waals surface area contributed by atoms with Crippen molar-refractivity contribution in [3.63, 3.8) is 0 Å². The lowest BCUT2D eigenvalue weighted by atomic mass is 9.82. The van der Waals surface area contributed by atoms with Crippen molar-refractivity contribution in [1.82, 2.24) is 34.5 Å². The maximum absolute atomic E-state index is 6.42. The van der Waals surface area contributed by atoms with Gasteiger partial charge in [-0.25, -0.2) is 0 Å². The zero-order valence-electron chi connectivity index (χ0n) is 77.3. The van der Waals surface area contributed by atoms with Crippen molar-refractivity contribution < 1.29 is 47.5 Å². The number of nitrogens with zero attached hydrogens (tertiary/aromatic N) is 7. The summed E-state index contributed by atoms with van der Waals surface area (Å²) in [5.74, 6) is 1.55. The first kappa shape index (κ1) is 97.2. The molecule has 0 aromatic rings. The molecule has 0 amide bonds. The van der Waals surface area contributed by atoms with E-state index in [0.29, 0.717) is 65.8 Å². The highest BCUT2D eigenvalue weighted by molar-refractivity contribution is 5.07. The summed E-state index contributed by atoms with van der Waals surface area (Å²) in [6.07, 6.45) is 27.3. The van der Waals surface area contributed by atoms with Gasteiger partial charge in [0.05, 0.1) is 90.1 Å². The minimum atomic E-state index is -0.0577. The summed E-state index contributed by atoms with van der Waals surface area (Å²) >= 11 is 0. The fourth-order valence-electron chi connectivity index (χ4n) is 17.0. The van der Waals surface area contributed by atoms with Gasteiger partial charge in [-0.05, 0) is 368 Å². The third-order valence-electron chi connectivity index (χ3n) is 23.6. The summed E-state index contributed by atoms with van der Waals surface area (Å²) < 4.78 is 54.6. The van der Waals surface area contributed by atoms with Gasteiger partial charge in [0.2, 0.25) is 0 Å². The molecule has 9 aliphatic rings. The van der Waals surface area contributed by atoms with E-state index in [9.17, 15) is 0 Å². The third-order valence-corrected chi connectivity index (χ3v) is 23.6. The molecule has 0 atom stereocenters. The number of hydrogen-bond acceptors (Lipinski definition) is 17. The summed E-state index contributed by atoms with van der Waals surface area (Å²) in [7, 11) is 0. The van der Waals surface area contributed by atoms with Gasteiger partial charge in [0.25, 0.3) is 0 Å². The molecule has 1 spiro atoms. The number of hydrogen-bond donors (Lipinski definition) is 0. The van der Waals surface area contributed by atoms with Crippen molar-refractivity contribution >= 4 is 0 Å². The molecule has 17 heteroatoms. The molecule has 5 aliphatic heterocycles. The molecule has 0 bridgehead atoms. The van der Waals surface area contributed by atoms with Gasteiger partial charge in [0.15, 0.2) is 0 Å². The van der Waals surface area contributed by atoms with Crippen molar-refractivity contribution in [2.24, 2.45) is 11.8 Å². The van der Waals surface area contributed by atoms with Crippen molar-refractivity contribution in [3.05, 3.63) is 0 Å². The average molecular weight is 1550 g/mol. The van der Waals surface area contributed by atoms with Crippen LogP contribution in [0.1, 0.15) is 343 Å². The highest BCUT2D eigenvalue weighted by Crippen LogP contribution is 2.41. The first-order valence-corrected chi connectivity index (χ1v) is 44.9. The van der Waals surface area contributed by atoms with E-state index in [4.69, 9.17) is 47.5 Å². The van der Waals surface area contributed by atoms with Crippen molar-refractivity contribution in [2.45, 2.75) is 459 Å². The van der Waals surface area contributed by atoms with E-state index in [1.807, 2.05) is 0 Å². The number of hydroxylamine groups is 2. The maximum Gasteiger partial charge on any atom is 0.106 e. The highest BCUT2D eigenvalue weighted by atomic mass is 16.7. The predicted molar refractivity (Wildman–Crippen MR) is 454 cm³/mol. The van der Waals surface area contributed by atoms with Gasteiger partial charge in [-0.1, -0.05) is 12.8 Å². The number of piperidine rings is 3. The molecule has 109 heavy (non-hydrogen) atoms. The quantitative estimate of drug-likeness (QED) is 0.0501. The summed E-state index contributed by atoms with van der Waals surface area (Å²) in [6, 6.07) is 1.88. The lowest BCUT2D eigenvalue weighted by Gasteiger charge is -2.59. The van der Waals surface area contributed by atoms with E-state index in [2.05, 4.69) is 242 Å². The van der Waals surface area contributed by atoms with Crippen LogP contribution in [0.5, 0.6) is 0 Å². The largest absolute Gasteiger partial charge is 0.380 e. The molecule has 0 N–H and O–H groups in total. The fraction of sp³-hybridized carbons (Fsp3) is 1.00. The molecule has 0 aromatic carbocycles. The molecule has 9 rings (SSSR count). The van der Waals surface area contributed by atoms with Crippen molar-refractivity contribution in [1.29, 1.82) is 0 Å². The average Bonchev–Trinajstić information content (AvgIpc) is 0.744. The molecule has 17 nitrogen and oxygen atoms in total. The Hall–Kier alpha value is -0.680. The van der Waals surface area contributed by atoms with Crippen molar-refractivity contribution in [3.8, 4) is 0 Å². The highest BCUT2D eigenvalue weighted by Gasteiger charge is 2.52. The van der Waals surface area contributed by atoms with Gasteiger partial charge in [-0.2, -0.15) is 5.06 Å². The van der Waals surface area contributed by atoms with Crippen molar-refractivity contribution in [2.75, 3.05) is 125 Å². The Labute approximate surface area is 673 Å². The molecule has 4 saturated carbocycles. The first-order chi connectivity index (χ1) is 50.2. The second-order valence-electron chi connectivity index (χ2n) is 45.0. The SMILES string of the molecule is CC(C)(C)OC1CC(N2CCOC3(C2)CN(C(C)(C)C)C3)C1.CC(C)(C)OC1CC(OC2CCN(C(C)(C)C)CC2)C1.CC(C)(C)OCCCCCCON(CC1CCN(C(C)(C)C)CC1)C1CC(OC(C)(C)C)C1.CC(C)(C)OCCCCCOCCN(CC1CCN(C(C)(C)C)CC1)C1CC(OC(C)(C)C)C1. The fourth-order valence-corrected chi connectivity index (χ4v) is 17.0. The van der Waals surface area contributed by atoms with Crippen LogP contribution in [-0.4, -0.2) is 275 Å². The van der Waals surface area contributed by atoms with Crippen LogP contribution in [0.2, 0.25) is 0 Å². The molecule has 0 aromatic heterocycles. The zero-order chi connectivity index (χ0) is 81.2. The lowest BCUT2D eigenvalue weighted by molar-refractivity contribution is -0.237. The molecule has 644 valence electrons. The molecule has 0 unspecified atom stereocenters. The smallest absolute Gasteiger partial charge is 0.106 e. The van der Waals surface area contributed by atoms with Crippen LogP contribution in [0.15, 0.2) is 0 Å². The first-order valence-electron chi connectivity index (χ1n) is 44.9. The second kappa shape index (κ2) is 42.3. The Morgan fingerprint density at radius 2 is 0.716 bits per heavy atom. The standard InChI is InChI=1S/C29H58N2O3.C28H56N2O3.C18H34N2O2.C17H33NO2/c1-27(2,3)31-15-13-24(14-16-31)23-30(25-21-26(22-25)34-29(7,8)9)17-20-32-18-11-10-12-19-33-28(4,5)6;1-26(2,3)29-16-14-23(15-17-29)22-30(24-20-25(21-24)33-28(7,8)9)32-19-13-11-10-12-18-31-27(4,5)6;1-16(2,3)20-12-18(13-20)11-19(7-8-21-18)14-9-15(10-14)22-17(4,5)6;1-16(2,3)18-9-7-13(8-10-18)19-14-11-15(12-14)20-17(4,5)6/h24-26H,10-23H2,1-9H3;23-25H,10-22H2,1-9H3;14-15H,7-13H2,1-6H3;13-15H,7-12H2,1-6H3. The van der Waals surface area contributed by atoms with E-state index in [-0.39, 0.29) is 50.3 Å². The van der Waals surface area contributed by atoms with E-state index >= 15 is 0 Å². The number of likely N-dealkylation sites (tertiary alicyclic amines) is 4. The van der Waals surface area contributed by atoms with Gasteiger partial charge >= 0.3 is 0 Å². The monoisotopic (exact) mass is 1540 g/mol. The van der Waals surface area contributed by atoms with E-state index < -0.39 is 0 Å². The Morgan fingerprint density at radius 3 is 1.14 bits per heavy atom. The third kappa shape index (κ3) is 38.3. The minimum Gasteiger partial charge on any atom is -0.380 e. The molecular weight excluding hydrogens is 1360 g/mol.